The largest absolute Gasteiger partial charge is 0.507 e. The number of phenols is 1. The molecule has 0 spiro atoms. The van der Waals surface area contributed by atoms with Crippen molar-refractivity contribution in [2.24, 2.45) is 0 Å². The Hall–Kier alpha value is -2.33. The molecule has 0 bridgehead atoms. The van der Waals surface area contributed by atoms with E-state index in [9.17, 15) is 23.1 Å². The lowest BCUT2D eigenvalue weighted by molar-refractivity contribution is -0.119. The number of phenolic OH excluding ortho intramolecular Hbond substituents is 1. The molecule has 0 fully saturated rings. The van der Waals surface area contributed by atoms with Crippen LogP contribution in [0.15, 0.2) is 41.3 Å². The van der Waals surface area contributed by atoms with E-state index in [0.29, 0.717) is 0 Å². The third kappa shape index (κ3) is 5.63. The van der Waals surface area contributed by atoms with Crippen LogP contribution in [0.5, 0.6) is 5.75 Å². The van der Waals surface area contributed by atoms with Crippen LogP contribution in [0.2, 0.25) is 10.0 Å². The Morgan fingerprint density at radius 3 is 2.40 bits per heavy atom. The smallest absolute Gasteiger partial charge is 0.342 e. The fourth-order valence-electron chi connectivity index (χ4n) is 2.54. The number of nitrogens with zero attached hydrogens (tertiary/aromatic N) is 1. The first-order valence-electron chi connectivity index (χ1n) is 8.85. The average Bonchev–Trinajstić information content (AvgIpc) is 2.70. The van der Waals surface area contributed by atoms with Gasteiger partial charge in [-0.3, -0.25) is 4.79 Å². The van der Waals surface area contributed by atoms with E-state index in [-0.39, 0.29) is 45.0 Å². The van der Waals surface area contributed by atoms with Gasteiger partial charge in [-0.15, -0.1) is 0 Å². The number of carbonyl (C=O) groups is 2. The zero-order chi connectivity index (χ0) is 22.5. The number of nitrogens with one attached hydrogen (secondary N) is 1. The summed E-state index contributed by atoms with van der Waals surface area (Å²) in [5, 5.41) is 12.4. The number of sulfonamides is 1. The van der Waals surface area contributed by atoms with Crippen LogP contribution in [0, 0.1) is 0 Å². The van der Waals surface area contributed by atoms with E-state index in [1.165, 1.54) is 40.7 Å². The van der Waals surface area contributed by atoms with Crippen molar-refractivity contribution < 1.29 is 27.9 Å². The highest BCUT2D eigenvalue weighted by Crippen LogP contribution is 2.27. The summed E-state index contributed by atoms with van der Waals surface area (Å²) in [5.41, 5.74) is -0.141. The third-order valence-electron chi connectivity index (χ3n) is 4.07. The molecule has 0 atom stereocenters. The van der Waals surface area contributed by atoms with Gasteiger partial charge in [-0.2, -0.15) is 4.31 Å². The van der Waals surface area contributed by atoms with E-state index < -0.39 is 28.5 Å². The molecule has 2 N–H and O–H groups in total. The van der Waals surface area contributed by atoms with Crippen LogP contribution in [-0.4, -0.2) is 49.4 Å². The molecular formula is C19H20Cl2N2O6S. The molecule has 2 aromatic carbocycles. The second kappa shape index (κ2) is 10.1. The lowest BCUT2D eigenvalue weighted by Crippen LogP contribution is -2.30. The van der Waals surface area contributed by atoms with Crippen LogP contribution >= 0.6 is 23.2 Å². The topological polar surface area (TPSA) is 113 Å². The number of rotatable bonds is 8. The Balaban J connectivity index is 2.11. The summed E-state index contributed by atoms with van der Waals surface area (Å²) >= 11 is 11.8. The van der Waals surface area contributed by atoms with Crippen molar-refractivity contribution in [2.75, 3.05) is 25.0 Å². The Bertz CT molecular complexity index is 1050. The van der Waals surface area contributed by atoms with E-state index in [0.717, 1.165) is 0 Å². The number of anilines is 1. The number of esters is 1. The monoisotopic (exact) mass is 474 g/mol. The predicted molar refractivity (Wildman–Crippen MR) is 114 cm³/mol. The van der Waals surface area contributed by atoms with Crippen molar-refractivity contribution >= 4 is 50.8 Å². The van der Waals surface area contributed by atoms with Gasteiger partial charge in [0.2, 0.25) is 10.0 Å². The molecule has 0 saturated heterocycles. The number of benzene rings is 2. The van der Waals surface area contributed by atoms with Crippen LogP contribution in [0.3, 0.4) is 0 Å². The molecule has 0 aromatic heterocycles. The summed E-state index contributed by atoms with van der Waals surface area (Å²) in [6.45, 7) is 3.32. The lowest BCUT2D eigenvalue weighted by atomic mass is 10.2. The van der Waals surface area contributed by atoms with E-state index in [1.54, 1.807) is 13.8 Å². The minimum Gasteiger partial charge on any atom is -0.507 e. The molecule has 2 rings (SSSR count). The van der Waals surface area contributed by atoms with Crippen LogP contribution in [0.25, 0.3) is 0 Å². The maximum Gasteiger partial charge on any atom is 0.342 e. The number of aromatic hydroxyl groups is 1. The van der Waals surface area contributed by atoms with Crippen molar-refractivity contribution in [2.45, 2.75) is 18.7 Å². The maximum absolute atomic E-state index is 12.6. The zero-order valence-electron chi connectivity index (χ0n) is 16.2. The SMILES string of the molecule is CCN(CC)S(=O)(=O)c1ccc(Cl)c(NC(=O)COC(=O)c2cc(Cl)ccc2O)c1. The Morgan fingerprint density at radius 2 is 1.77 bits per heavy atom. The summed E-state index contributed by atoms with van der Waals surface area (Å²) in [7, 11) is -3.75. The van der Waals surface area contributed by atoms with Crippen LogP contribution in [0.1, 0.15) is 24.2 Å². The summed E-state index contributed by atoms with van der Waals surface area (Å²) < 4.78 is 31.4. The zero-order valence-corrected chi connectivity index (χ0v) is 18.5. The molecule has 2 aromatic rings. The highest BCUT2D eigenvalue weighted by Gasteiger charge is 2.23. The molecule has 0 aliphatic rings. The van der Waals surface area contributed by atoms with Gasteiger partial charge in [-0.1, -0.05) is 37.0 Å². The Kier molecular flexibility index (Phi) is 8.08. The van der Waals surface area contributed by atoms with Gasteiger partial charge < -0.3 is 15.2 Å². The van der Waals surface area contributed by atoms with Crippen molar-refractivity contribution in [3.8, 4) is 5.75 Å². The van der Waals surface area contributed by atoms with E-state index in [1.807, 2.05) is 0 Å². The van der Waals surface area contributed by atoms with Crippen LogP contribution in [0.4, 0.5) is 5.69 Å². The van der Waals surface area contributed by atoms with Gasteiger partial charge in [0.1, 0.15) is 11.3 Å². The van der Waals surface area contributed by atoms with E-state index >= 15 is 0 Å². The van der Waals surface area contributed by atoms with Gasteiger partial charge in [0.05, 0.1) is 15.6 Å². The summed E-state index contributed by atoms with van der Waals surface area (Å²) in [6.07, 6.45) is 0. The number of ether oxygens (including phenoxy) is 1. The molecular weight excluding hydrogens is 455 g/mol. The number of hydrogen-bond acceptors (Lipinski definition) is 6. The number of carbonyl (C=O) groups excluding carboxylic acids is 2. The third-order valence-corrected chi connectivity index (χ3v) is 6.68. The maximum atomic E-state index is 12.6. The molecule has 162 valence electrons. The van der Waals surface area contributed by atoms with Gasteiger partial charge in [0.15, 0.2) is 6.61 Å². The quantitative estimate of drug-likeness (QED) is 0.565. The van der Waals surface area contributed by atoms with Crippen LogP contribution in [-0.2, 0) is 19.6 Å². The Labute approximate surface area is 184 Å². The first-order valence-corrected chi connectivity index (χ1v) is 11.0. The fraction of sp³-hybridized carbons (Fsp3) is 0.263. The number of hydrogen-bond donors (Lipinski definition) is 2. The van der Waals surface area contributed by atoms with Crippen molar-refractivity contribution in [1.82, 2.24) is 4.31 Å². The number of amides is 1. The first-order chi connectivity index (χ1) is 14.1. The minimum absolute atomic E-state index is 0.0354. The molecule has 11 heteroatoms. The summed E-state index contributed by atoms with van der Waals surface area (Å²) in [6, 6.07) is 7.74. The predicted octanol–water partition coefficient (Wildman–Crippen LogP) is 3.53. The lowest BCUT2D eigenvalue weighted by Gasteiger charge is -2.19. The number of halogens is 2. The molecule has 0 unspecified atom stereocenters. The molecule has 1 amide bonds. The molecule has 0 saturated carbocycles. The standard InChI is InChI=1S/C19H20Cl2N2O6S/c1-3-23(4-2)30(27,28)13-6-7-15(21)16(10-13)22-18(25)11-29-19(26)14-9-12(20)5-8-17(14)24/h5-10,24H,3-4,11H2,1-2H3,(H,22,25). The molecule has 0 radical (unpaired) electrons. The molecule has 30 heavy (non-hydrogen) atoms. The van der Waals surface area contributed by atoms with Crippen molar-refractivity contribution in [3.05, 3.63) is 52.0 Å². The average molecular weight is 475 g/mol. The fourth-order valence-corrected chi connectivity index (χ4v) is 4.36. The van der Waals surface area contributed by atoms with Crippen molar-refractivity contribution in [3.63, 3.8) is 0 Å². The van der Waals surface area contributed by atoms with Crippen molar-refractivity contribution in [1.29, 1.82) is 0 Å². The second-order valence-corrected chi connectivity index (χ2v) is 8.80. The van der Waals surface area contributed by atoms with Gasteiger partial charge in [-0.25, -0.2) is 13.2 Å². The summed E-state index contributed by atoms with van der Waals surface area (Å²) in [4.78, 5) is 24.2. The summed E-state index contributed by atoms with van der Waals surface area (Å²) in [5.74, 6) is -2.04. The van der Waals surface area contributed by atoms with Gasteiger partial charge >= 0.3 is 5.97 Å². The Morgan fingerprint density at radius 1 is 1.10 bits per heavy atom. The molecule has 0 aliphatic heterocycles. The first kappa shape index (κ1) is 23.9. The van der Waals surface area contributed by atoms with Gasteiger partial charge in [0.25, 0.3) is 5.91 Å². The van der Waals surface area contributed by atoms with E-state index in [2.05, 4.69) is 5.32 Å². The molecule has 0 aliphatic carbocycles. The normalized spacial score (nSPS) is 11.4. The molecule has 8 nitrogen and oxygen atoms in total. The van der Waals surface area contributed by atoms with E-state index in [4.69, 9.17) is 27.9 Å². The minimum atomic E-state index is -3.75. The second-order valence-electron chi connectivity index (χ2n) is 6.02. The van der Waals surface area contributed by atoms with Gasteiger partial charge in [-0.05, 0) is 36.4 Å². The van der Waals surface area contributed by atoms with Gasteiger partial charge in [0, 0.05) is 18.1 Å². The highest BCUT2D eigenvalue weighted by atomic mass is 35.5. The van der Waals surface area contributed by atoms with Crippen LogP contribution < -0.4 is 5.32 Å². The highest BCUT2D eigenvalue weighted by molar-refractivity contribution is 7.89. The molecule has 0 heterocycles.